The molecule has 0 aliphatic heterocycles. The van der Waals surface area contributed by atoms with Gasteiger partial charge < -0.3 is 9.84 Å². The lowest BCUT2D eigenvalue weighted by molar-refractivity contribution is -0.154. The number of rotatable bonds is 4. The van der Waals surface area contributed by atoms with Crippen molar-refractivity contribution in [2.45, 2.75) is 38.2 Å². The van der Waals surface area contributed by atoms with Crippen molar-refractivity contribution in [1.82, 2.24) is 0 Å². The Labute approximate surface area is 121 Å². The fourth-order valence-electron chi connectivity index (χ4n) is 1.51. The van der Waals surface area contributed by atoms with E-state index in [1.54, 1.807) is 0 Å². The SMILES string of the molecule is CCC(C)(Oc1cc(C(F)(F)F)cc(C(F)(F)F)c1)C(=O)O. The molecule has 0 fully saturated rings. The largest absolute Gasteiger partial charge is 0.478 e. The summed E-state index contributed by atoms with van der Waals surface area (Å²) >= 11 is 0. The Hall–Kier alpha value is -1.93. The normalized spacial score (nSPS) is 15.3. The highest BCUT2D eigenvalue weighted by atomic mass is 19.4. The smallest absolute Gasteiger partial charge is 0.416 e. The van der Waals surface area contributed by atoms with Crippen LogP contribution in [0.25, 0.3) is 0 Å². The molecule has 0 radical (unpaired) electrons. The minimum absolute atomic E-state index is 0.0586. The van der Waals surface area contributed by atoms with Gasteiger partial charge in [0, 0.05) is 0 Å². The second-order valence-electron chi connectivity index (χ2n) is 4.73. The molecule has 3 nitrogen and oxygen atoms in total. The van der Waals surface area contributed by atoms with Crippen molar-refractivity contribution in [3.05, 3.63) is 29.3 Å². The number of carboxylic acids is 1. The number of alkyl halides is 6. The summed E-state index contributed by atoms with van der Waals surface area (Å²) in [5.74, 6) is -2.31. The quantitative estimate of drug-likeness (QED) is 0.835. The molecular formula is C13H12F6O3. The highest BCUT2D eigenvalue weighted by Crippen LogP contribution is 2.39. The number of hydrogen-bond acceptors (Lipinski definition) is 2. The van der Waals surface area contributed by atoms with Gasteiger partial charge in [0.1, 0.15) is 5.75 Å². The summed E-state index contributed by atoms with van der Waals surface area (Å²) in [5.41, 5.74) is -5.07. The second kappa shape index (κ2) is 5.69. The van der Waals surface area contributed by atoms with Gasteiger partial charge in [0.05, 0.1) is 11.1 Å². The third-order valence-corrected chi connectivity index (χ3v) is 3.03. The molecule has 0 aliphatic rings. The maximum atomic E-state index is 12.7. The number of carbonyl (C=O) groups is 1. The van der Waals surface area contributed by atoms with E-state index in [1.807, 2.05) is 0 Å². The van der Waals surface area contributed by atoms with Crippen LogP contribution in [-0.2, 0) is 17.1 Å². The summed E-state index contributed by atoms with van der Waals surface area (Å²) in [5, 5.41) is 8.98. The minimum atomic E-state index is -5.02. The summed E-state index contributed by atoms with van der Waals surface area (Å²) in [6, 6.07) is 0.620. The van der Waals surface area contributed by atoms with Gasteiger partial charge in [-0.1, -0.05) is 6.92 Å². The molecule has 22 heavy (non-hydrogen) atoms. The fourth-order valence-corrected chi connectivity index (χ4v) is 1.51. The molecular weight excluding hydrogens is 318 g/mol. The van der Waals surface area contributed by atoms with Crippen LogP contribution in [0.4, 0.5) is 26.3 Å². The van der Waals surface area contributed by atoms with Crippen LogP contribution in [0.5, 0.6) is 5.75 Å². The number of benzene rings is 1. The van der Waals surface area contributed by atoms with E-state index < -0.39 is 40.8 Å². The van der Waals surface area contributed by atoms with Gasteiger partial charge in [0.15, 0.2) is 0 Å². The predicted octanol–water partition coefficient (Wildman–Crippen LogP) is 4.36. The van der Waals surface area contributed by atoms with Crippen molar-refractivity contribution in [3.63, 3.8) is 0 Å². The van der Waals surface area contributed by atoms with Crippen LogP contribution < -0.4 is 4.74 Å². The number of carboxylic acid groups (broad SMARTS) is 1. The van der Waals surface area contributed by atoms with Crippen LogP contribution in [0.15, 0.2) is 18.2 Å². The Balaban J connectivity index is 3.39. The summed E-state index contributed by atoms with van der Waals surface area (Å²) in [6.07, 6.45) is -10.2. The van der Waals surface area contributed by atoms with Crippen LogP contribution in [0, 0.1) is 0 Å². The Morgan fingerprint density at radius 3 is 1.73 bits per heavy atom. The highest BCUT2D eigenvalue weighted by Gasteiger charge is 2.39. The van der Waals surface area contributed by atoms with Crippen molar-refractivity contribution in [3.8, 4) is 5.75 Å². The van der Waals surface area contributed by atoms with Crippen molar-refractivity contribution in [2.24, 2.45) is 0 Å². The number of halogens is 6. The molecule has 1 aromatic carbocycles. The molecule has 1 rings (SSSR count). The van der Waals surface area contributed by atoms with E-state index >= 15 is 0 Å². The highest BCUT2D eigenvalue weighted by molar-refractivity contribution is 5.77. The first-order valence-corrected chi connectivity index (χ1v) is 6.01. The van der Waals surface area contributed by atoms with Crippen molar-refractivity contribution < 1.29 is 41.0 Å². The Morgan fingerprint density at radius 2 is 1.45 bits per heavy atom. The zero-order chi connectivity index (χ0) is 17.3. The third-order valence-electron chi connectivity index (χ3n) is 3.03. The first-order valence-electron chi connectivity index (χ1n) is 6.01. The Bertz CT molecular complexity index is 532. The molecule has 0 amide bonds. The van der Waals surface area contributed by atoms with Crippen molar-refractivity contribution in [2.75, 3.05) is 0 Å². The molecule has 124 valence electrons. The average molecular weight is 330 g/mol. The van der Waals surface area contributed by atoms with Crippen molar-refractivity contribution in [1.29, 1.82) is 0 Å². The third kappa shape index (κ3) is 4.05. The lowest BCUT2D eigenvalue weighted by atomic mass is 10.0. The molecule has 1 unspecified atom stereocenters. The topological polar surface area (TPSA) is 46.5 Å². The molecule has 0 bridgehead atoms. The molecule has 0 aromatic heterocycles. The van der Waals surface area contributed by atoms with E-state index in [0.717, 1.165) is 6.92 Å². The summed E-state index contributed by atoms with van der Waals surface area (Å²) in [7, 11) is 0. The summed E-state index contributed by atoms with van der Waals surface area (Å²) in [4.78, 5) is 11.1. The average Bonchev–Trinajstić information content (AvgIpc) is 2.35. The van der Waals surface area contributed by atoms with Gasteiger partial charge in [-0.25, -0.2) is 4.79 Å². The minimum Gasteiger partial charge on any atom is -0.478 e. The number of hydrogen-bond donors (Lipinski definition) is 1. The molecule has 9 heteroatoms. The van der Waals surface area contributed by atoms with Crippen LogP contribution in [0.3, 0.4) is 0 Å². The van der Waals surface area contributed by atoms with Crippen LogP contribution in [0.2, 0.25) is 0 Å². The fraction of sp³-hybridized carbons (Fsp3) is 0.462. The molecule has 1 N–H and O–H groups in total. The van der Waals surface area contributed by atoms with Crippen molar-refractivity contribution >= 4 is 5.97 Å². The van der Waals surface area contributed by atoms with Gasteiger partial charge in [-0.15, -0.1) is 0 Å². The maximum Gasteiger partial charge on any atom is 0.416 e. The molecule has 0 heterocycles. The standard InChI is InChI=1S/C13H12F6O3/c1-3-11(2,10(20)21)22-9-5-7(12(14,15)16)4-8(6-9)13(17,18)19/h4-6H,3H2,1-2H3,(H,20,21). The zero-order valence-corrected chi connectivity index (χ0v) is 11.5. The summed E-state index contributed by atoms with van der Waals surface area (Å²) < 4.78 is 80.9. The molecule has 0 saturated carbocycles. The van der Waals surface area contributed by atoms with Gasteiger partial charge in [0.25, 0.3) is 0 Å². The number of aliphatic carboxylic acids is 1. The van der Waals surface area contributed by atoms with E-state index in [1.165, 1.54) is 6.92 Å². The number of ether oxygens (including phenoxy) is 1. The van der Waals surface area contributed by atoms with Gasteiger partial charge in [0.2, 0.25) is 5.60 Å². The lowest BCUT2D eigenvalue weighted by Crippen LogP contribution is -2.40. The van der Waals surface area contributed by atoms with Crippen LogP contribution in [-0.4, -0.2) is 16.7 Å². The maximum absolute atomic E-state index is 12.7. The first kappa shape index (κ1) is 18.1. The van der Waals surface area contributed by atoms with E-state index in [2.05, 4.69) is 0 Å². The van der Waals surface area contributed by atoms with Gasteiger partial charge in [-0.05, 0) is 31.5 Å². The molecule has 1 atom stereocenters. The van der Waals surface area contributed by atoms with E-state index in [9.17, 15) is 31.1 Å². The first-order chi connectivity index (χ1) is 9.79. The zero-order valence-electron chi connectivity index (χ0n) is 11.5. The monoisotopic (exact) mass is 330 g/mol. The molecule has 0 saturated heterocycles. The van der Waals surface area contributed by atoms with Gasteiger partial charge in [-0.2, -0.15) is 26.3 Å². The molecule has 0 aliphatic carbocycles. The van der Waals surface area contributed by atoms with E-state index in [4.69, 9.17) is 9.84 Å². The van der Waals surface area contributed by atoms with E-state index in [0.29, 0.717) is 12.1 Å². The van der Waals surface area contributed by atoms with Crippen LogP contribution >= 0.6 is 0 Å². The van der Waals surface area contributed by atoms with Gasteiger partial charge in [-0.3, -0.25) is 0 Å². The van der Waals surface area contributed by atoms with Crippen LogP contribution in [0.1, 0.15) is 31.4 Å². The predicted molar refractivity (Wildman–Crippen MR) is 63.4 cm³/mol. The summed E-state index contributed by atoms with van der Waals surface area (Å²) in [6.45, 7) is 2.44. The van der Waals surface area contributed by atoms with E-state index in [-0.39, 0.29) is 12.5 Å². The lowest BCUT2D eigenvalue weighted by Gasteiger charge is -2.26. The molecule has 1 aromatic rings. The van der Waals surface area contributed by atoms with Gasteiger partial charge >= 0.3 is 18.3 Å². The second-order valence-corrected chi connectivity index (χ2v) is 4.73. The molecule has 0 spiro atoms. The Kier molecular flexibility index (Phi) is 4.69. The Morgan fingerprint density at radius 1 is 1.05 bits per heavy atom.